The van der Waals surface area contributed by atoms with Crippen LogP contribution in [-0.2, 0) is 25.8 Å². The van der Waals surface area contributed by atoms with Crippen molar-refractivity contribution in [1.82, 2.24) is 0 Å². The van der Waals surface area contributed by atoms with E-state index in [9.17, 15) is 14.4 Å². The Morgan fingerprint density at radius 2 is 0.677 bits per heavy atom. The first kappa shape index (κ1) is 27.3. The van der Waals surface area contributed by atoms with E-state index in [1.165, 1.54) is 18.2 Å². The number of aromatic carboxylic acids is 3. The molecule has 0 saturated heterocycles. The maximum atomic E-state index is 10.3. The minimum Gasteiger partial charge on any atom is -0.478 e. The third kappa shape index (κ3) is 9.13. The van der Waals surface area contributed by atoms with Crippen molar-refractivity contribution in [2.75, 3.05) is 17.2 Å². The molecule has 3 aromatic carbocycles. The molecular weight excluding hydrogens is 435 g/mol. The minimum absolute atomic E-state index is 0. The number of carboxylic acid groups (broad SMARTS) is 3. The summed E-state index contributed by atoms with van der Waals surface area (Å²) in [5.41, 5.74) is 17.4. The molecule has 0 saturated carbocycles. The molecule has 0 heterocycles. The average Bonchev–Trinajstić information content (AvgIpc) is 2.69. The number of hydrogen-bond donors (Lipinski definition) is 6. The van der Waals surface area contributed by atoms with Gasteiger partial charge in [-0.3, -0.25) is 0 Å². The van der Waals surface area contributed by atoms with Crippen molar-refractivity contribution in [1.29, 1.82) is 0 Å². The van der Waals surface area contributed by atoms with E-state index in [-0.39, 0.29) is 42.5 Å². The molecule has 0 aliphatic heterocycles. The van der Waals surface area contributed by atoms with Crippen molar-refractivity contribution in [3.8, 4) is 0 Å². The summed E-state index contributed by atoms with van der Waals surface area (Å²) in [7, 11) is 0. The van der Waals surface area contributed by atoms with E-state index in [4.69, 9.17) is 32.5 Å². The van der Waals surface area contributed by atoms with Gasteiger partial charge in [0.25, 0.3) is 0 Å². The number of hydrogen-bond acceptors (Lipinski definition) is 6. The molecule has 0 amide bonds. The van der Waals surface area contributed by atoms with Crippen LogP contribution in [0, 0.1) is 0 Å². The Hall–Kier alpha value is -3.66. The largest absolute Gasteiger partial charge is 0.478 e. The van der Waals surface area contributed by atoms with Crippen LogP contribution in [0.5, 0.6) is 0 Å². The van der Waals surface area contributed by atoms with Gasteiger partial charge < -0.3 is 32.5 Å². The van der Waals surface area contributed by atoms with E-state index in [2.05, 4.69) is 0 Å². The van der Waals surface area contributed by atoms with Gasteiger partial charge in [-0.2, -0.15) is 0 Å². The fourth-order valence-corrected chi connectivity index (χ4v) is 2.08. The molecule has 0 atom stereocenters. The molecule has 1 radical (unpaired) electrons. The number of rotatable bonds is 3. The Kier molecular flexibility index (Phi) is 11.9. The molecule has 159 valence electrons. The van der Waals surface area contributed by atoms with Crippen LogP contribution in [0.4, 0.5) is 17.1 Å². The molecule has 10 heteroatoms. The molecular formula is C21H21N3O6Sc. The quantitative estimate of drug-likeness (QED) is 0.322. The van der Waals surface area contributed by atoms with Gasteiger partial charge in [0.1, 0.15) is 0 Å². The van der Waals surface area contributed by atoms with Crippen molar-refractivity contribution < 1.29 is 55.5 Å². The Bertz CT molecular complexity index is 911. The Balaban J connectivity index is 0.000000429. The standard InChI is InChI=1S/3C7H7NO2.Sc/c3*8-6-4-2-1-3-5(6)7(9)10;/h3*1-4H,8H2,(H,9,10);. The smallest absolute Gasteiger partial charge is 0.337 e. The first-order chi connectivity index (χ1) is 14.1. The molecule has 0 unspecified atom stereocenters. The molecule has 0 aromatic heterocycles. The van der Waals surface area contributed by atoms with Crippen LogP contribution < -0.4 is 17.2 Å². The molecule has 31 heavy (non-hydrogen) atoms. The van der Waals surface area contributed by atoms with E-state index >= 15 is 0 Å². The van der Waals surface area contributed by atoms with E-state index < -0.39 is 17.9 Å². The minimum atomic E-state index is -0.988. The number of carboxylic acids is 3. The maximum absolute atomic E-state index is 10.3. The first-order valence-electron chi connectivity index (χ1n) is 8.38. The summed E-state index contributed by atoms with van der Waals surface area (Å²) in [6.45, 7) is 0. The molecule has 9 N–H and O–H groups in total. The van der Waals surface area contributed by atoms with Gasteiger partial charge in [-0.25, -0.2) is 14.4 Å². The average molecular weight is 456 g/mol. The van der Waals surface area contributed by atoms with Crippen LogP contribution in [-0.4, -0.2) is 33.2 Å². The van der Waals surface area contributed by atoms with Crippen LogP contribution in [0.2, 0.25) is 0 Å². The zero-order valence-corrected chi connectivity index (χ0v) is 18.1. The first-order valence-corrected chi connectivity index (χ1v) is 8.38. The summed E-state index contributed by atoms with van der Waals surface area (Å²) in [5.74, 6) is -2.96. The van der Waals surface area contributed by atoms with Gasteiger partial charge in [0, 0.05) is 42.9 Å². The van der Waals surface area contributed by atoms with Gasteiger partial charge in [0.2, 0.25) is 0 Å². The van der Waals surface area contributed by atoms with E-state index in [1.807, 2.05) is 0 Å². The SMILES string of the molecule is Nc1ccccc1C(=O)O.Nc1ccccc1C(=O)O.Nc1ccccc1C(=O)O.[Sc]. The molecule has 0 aliphatic rings. The van der Waals surface area contributed by atoms with Gasteiger partial charge in [0.05, 0.1) is 16.7 Å². The Labute approximate surface area is 196 Å². The molecule has 0 fully saturated rings. The van der Waals surface area contributed by atoms with E-state index in [0.29, 0.717) is 17.1 Å². The third-order valence-electron chi connectivity index (χ3n) is 3.57. The van der Waals surface area contributed by atoms with Crippen molar-refractivity contribution in [2.45, 2.75) is 0 Å². The number of nitrogens with two attached hydrogens (primary N) is 3. The summed E-state index contributed by atoms with van der Waals surface area (Å²) in [5, 5.41) is 25.5. The summed E-state index contributed by atoms with van der Waals surface area (Å²) >= 11 is 0. The third-order valence-corrected chi connectivity index (χ3v) is 3.57. The predicted molar refractivity (Wildman–Crippen MR) is 113 cm³/mol. The second-order valence-corrected chi connectivity index (χ2v) is 5.68. The summed E-state index contributed by atoms with van der Waals surface area (Å²) in [6, 6.07) is 19.1. The molecule has 0 spiro atoms. The van der Waals surface area contributed by atoms with Crippen molar-refractivity contribution >= 4 is 35.0 Å². The molecule has 0 aliphatic carbocycles. The van der Waals surface area contributed by atoms with Gasteiger partial charge in [0.15, 0.2) is 0 Å². The summed E-state index contributed by atoms with van der Waals surface area (Å²) in [6.07, 6.45) is 0. The Morgan fingerprint density at radius 1 is 0.484 bits per heavy atom. The van der Waals surface area contributed by atoms with Gasteiger partial charge >= 0.3 is 17.9 Å². The monoisotopic (exact) mass is 456 g/mol. The number of para-hydroxylation sites is 3. The van der Waals surface area contributed by atoms with Crippen LogP contribution >= 0.6 is 0 Å². The van der Waals surface area contributed by atoms with Crippen LogP contribution in [0.1, 0.15) is 31.1 Å². The summed E-state index contributed by atoms with van der Waals surface area (Å²) in [4.78, 5) is 31.0. The van der Waals surface area contributed by atoms with Gasteiger partial charge in [-0.15, -0.1) is 0 Å². The number of nitrogen functional groups attached to an aromatic ring is 3. The van der Waals surface area contributed by atoms with E-state index in [0.717, 1.165) is 0 Å². The molecule has 3 aromatic rings. The number of benzene rings is 3. The second kappa shape index (κ2) is 13.5. The fourth-order valence-electron chi connectivity index (χ4n) is 2.08. The number of anilines is 3. The van der Waals surface area contributed by atoms with Crippen molar-refractivity contribution in [2.24, 2.45) is 0 Å². The fraction of sp³-hybridized carbons (Fsp3) is 0. The van der Waals surface area contributed by atoms with Crippen LogP contribution in [0.25, 0.3) is 0 Å². The van der Waals surface area contributed by atoms with Crippen LogP contribution in [0.3, 0.4) is 0 Å². The summed E-state index contributed by atoms with van der Waals surface area (Å²) < 4.78 is 0. The molecule has 0 bridgehead atoms. The predicted octanol–water partition coefficient (Wildman–Crippen LogP) is 2.90. The Morgan fingerprint density at radius 3 is 0.806 bits per heavy atom. The van der Waals surface area contributed by atoms with Crippen LogP contribution in [0.15, 0.2) is 72.8 Å². The second-order valence-electron chi connectivity index (χ2n) is 5.68. The molecule has 3 rings (SSSR count). The number of carbonyl (C=O) groups is 3. The zero-order valence-electron chi connectivity index (χ0n) is 16.3. The normalized spacial score (nSPS) is 8.90. The molecule has 9 nitrogen and oxygen atoms in total. The maximum Gasteiger partial charge on any atom is 0.337 e. The van der Waals surface area contributed by atoms with E-state index in [1.54, 1.807) is 54.6 Å². The zero-order chi connectivity index (χ0) is 22.7. The van der Waals surface area contributed by atoms with Gasteiger partial charge in [-0.1, -0.05) is 36.4 Å². The van der Waals surface area contributed by atoms with Crippen molar-refractivity contribution in [3.63, 3.8) is 0 Å². The van der Waals surface area contributed by atoms with Crippen molar-refractivity contribution in [3.05, 3.63) is 89.5 Å². The van der Waals surface area contributed by atoms with Gasteiger partial charge in [-0.05, 0) is 36.4 Å². The topological polar surface area (TPSA) is 190 Å².